The van der Waals surface area contributed by atoms with E-state index in [1.165, 1.54) is 19.3 Å². The summed E-state index contributed by atoms with van der Waals surface area (Å²) in [5.41, 5.74) is 2.08. The third kappa shape index (κ3) is 8.18. The number of hydrogen-bond acceptors (Lipinski definition) is 5. The van der Waals surface area contributed by atoms with E-state index >= 15 is 0 Å². The molecule has 2 bridgehead atoms. The van der Waals surface area contributed by atoms with Crippen LogP contribution in [0.15, 0.2) is 42.5 Å². The fourth-order valence-electron chi connectivity index (χ4n) is 5.07. The summed E-state index contributed by atoms with van der Waals surface area (Å²) in [6.07, 6.45) is 14.8. The van der Waals surface area contributed by atoms with Gasteiger partial charge in [-0.15, -0.1) is 0 Å². The number of hydroxylamine groups is 1. The molecule has 1 aromatic rings. The largest absolute Gasteiger partial charge is 0.381 e. The molecule has 0 aromatic heterocycles. The molecule has 0 aliphatic carbocycles. The molecule has 0 unspecified atom stereocenters. The molecule has 6 heteroatoms. The third-order valence-corrected chi connectivity index (χ3v) is 7.41. The molecule has 2 saturated heterocycles. The van der Waals surface area contributed by atoms with Gasteiger partial charge in [0.25, 0.3) is 5.91 Å². The van der Waals surface area contributed by atoms with Crippen LogP contribution >= 0.6 is 0 Å². The summed E-state index contributed by atoms with van der Waals surface area (Å²) in [6, 6.07) is 8.62. The number of carbonyl (C=O) groups is 2. The zero-order chi connectivity index (χ0) is 25.1. The van der Waals surface area contributed by atoms with Gasteiger partial charge in [0.1, 0.15) is 0 Å². The normalized spacial score (nSPS) is 23.6. The summed E-state index contributed by atoms with van der Waals surface area (Å²) < 4.78 is 12.2. The maximum atomic E-state index is 12.5. The van der Waals surface area contributed by atoms with Crippen molar-refractivity contribution in [3.05, 3.63) is 48.0 Å². The van der Waals surface area contributed by atoms with Crippen LogP contribution in [-0.4, -0.2) is 37.3 Å². The third-order valence-electron chi connectivity index (χ3n) is 7.41. The topological polar surface area (TPSA) is 73.9 Å². The minimum absolute atomic E-state index is 0.298. The molecule has 2 aliphatic rings. The van der Waals surface area contributed by atoms with Gasteiger partial charge in [0, 0.05) is 17.9 Å². The Bertz CT molecular complexity index is 822. The van der Waals surface area contributed by atoms with E-state index in [9.17, 15) is 9.59 Å². The predicted molar refractivity (Wildman–Crippen MR) is 137 cm³/mol. The van der Waals surface area contributed by atoms with E-state index in [0.29, 0.717) is 36.0 Å². The number of nitrogens with one attached hydrogen (secondary N) is 1. The van der Waals surface area contributed by atoms with Crippen molar-refractivity contribution in [2.75, 3.05) is 13.2 Å². The van der Waals surface area contributed by atoms with Crippen LogP contribution in [0.3, 0.4) is 0 Å². The number of amides is 1. The van der Waals surface area contributed by atoms with Crippen LogP contribution in [0, 0.1) is 17.3 Å². The Labute approximate surface area is 210 Å². The number of rotatable bonds is 14. The number of hydrogen-bond donors (Lipinski definition) is 1. The van der Waals surface area contributed by atoms with Crippen molar-refractivity contribution in [2.45, 2.75) is 90.8 Å². The first-order valence-electron chi connectivity index (χ1n) is 13.4. The zero-order valence-electron chi connectivity index (χ0n) is 21.7. The lowest BCUT2D eigenvalue weighted by Crippen LogP contribution is -2.38. The Morgan fingerprint density at radius 3 is 2.54 bits per heavy atom. The first-order valence-corrected chi connectivity index (χ1v) is 13.4. The van der Waals surface area contributed by atoms with Crippen molar-refractivity contribution >= 4 is 11.9 Å². The molecule has 3 rings (SSSR count). The average molecular weight is 486 g/mol. The van der Waals surface area contributed by atoms with Crippen molar-refractivity contribution in [1.82, 2.24) is 5.48 Å². The van der Waals surface area contributed by atoms with E-state index in [-0.39, 0.29) is 5.91 Å². The minimum atomic E-state index is -0.648. The molecule has 1 N–H and O–H groups in total. The van der Waals surface area contributed by atoms with Gasteiger partial charge in [-0.2, -0.15) is 5.48 Å². The van der Waals surface area contributed by atoms with Crippen molar-refractivity contribution < 1.29 is 23.9 Å². The summed E-state index contributed by atoms with van der Waals surface area (Å²) >= 11 is 0. The standard InChI is InChI=1S/C29H43NO5/c1-4-5-6-13-20-33-21-24-23(25-17-18-26(24)34-25)16-11-8-12-19-29(2,3)28(32)30-35-27(31)22-14-9-7-10-15-22/h7-11,14-15,23-26H,4-6,12-13,16-21H2,1-3H3,(H,30,32)/t23-,24+,25-,26+/m0/s1. The van der Waals surface area contributed by atoms with Crippen LogP contribution in [0.25, 0.3) is 0 Å². The zero-order valence-corrected chi connectivity index (χ0v) is 21.7. The molecule has 2 heterocycles. The number of allylic oxidation sites excluding steroid dienone is 2. The first-order chi connectivity index (χ1) is 16.9. The van der Waals surface area contributed by atoms with Crippen LogP contribution < -0.4 is 5.48 Å². The Morgan fingerprint density at radius 1 is 1.06 bits per heavy atom. The first kappa shape index (κ1) is 27.4. The highest BCUT2D eigenvalue weighted by Gasteiger charge is 2.48. The van der Waals surface area contributed by atoms with Gasteiger partial charge in [0.15, 0.2) is 0 Å². The lowest BCUT2D eigenvalue weighted by atomic mass is 9.78. The minimum Gasteiger partial charge on any atom is -0.381 e. The highest BCUT2D eigenvalue weighted by molar-refractivity contribution is 5.90. The fourth-order valence-corrected chi connectivity index (χ4v) is 5.07. The highest BCUT2D eigenvalue weighted by Crippen LogP contribution is 2.45. The number of fused-ring (bicyclic) bond motifs is 2. The average Bonchev–Trinajstić information content (AvgIpc) is 3.47. The maximum Gasteiger partial charge on any atom is 0.362 e. The van der Waals surface area contributed by atoms with Gasteiger partial charge < -0.3 is 14.3 Å². The number of unbranched alkanes of at least 4 members (excludes halogenated alkanes) is 3. The SMILES string of the molecule is CCCCCCOC[C@@H]1[C@H](CC=CCCC(C)(C)C(=O)NOC(=O)c2ccccc2)[C@@H]2CC[C@H]1O2. The molecule has 2 fully saturated rings. The van der Waals surface area contributed by atoms with E-state index in [1.807, 2.05) is 19.9 Å². The molecule has 4 atom stereocenters. The monoisotopic (exact) mass is 485 g/mol. The molecule has 0 spiro atoms. The number of ether oxygens (including phenoxy) is 2. The van der Waals surface area contributed by atoms with Crippen LogP contribution in [0.2, 0.25) is 0 Å². The molecule has 1 amide bonds. The Morgan fingerprint density at radius 2 is 1.80 bits per heavy atom. The molecule has 35 heavy (non-hydrogen) atoms. The fraction of sp³-hybridized carbons (Fsp3) is 0.655. The lowest BCUT2D eigenvalue weighted by molar-refractivity contribution is -0.139. The van der Waals surface area contributed by atoms with E-state index in [2.05, 4.69) is 24.6 Å². The molecule has 6 nitrogen and oxygen atoms in total. The second-order valence-electron chi connectivity index (χ2n) is 10.6. The van der Waals surface area contributed by atoms with Gasteiger partial charge in [-0.3, -0.25) is 4.79 Å². The predicted octanol–water partition coefficient (Wildman–Crippen LogP) is 6.02. The summed E-state index contributed by atoms with van der Waals surface area (Å²) in [6.45, 7) is 7.62. The smallest absolute Gasteiger partial charge is 0.362 e. The van der Waals surface area contributed by atoms with Gasteiger partial charge in [-0.25, -0.2) is 4.79 Å². The summed E-state index contributed by atoms with van der Waals surface area (Å²) in [7, 11) is 0. The number of carbonyl (C=O) groups excluding carboxylic acids is 2. The summed E-state index contributed by atoms with van der Waals surface area (Å²) in [5.74, 6) is 0.149. The molecule has 194 valence electrons. The van der Waals surface area contributed by atoms with Crippen molar-refractivity contribution in [2.24, 2.45) is 17.3 Å². The van der Waals surface area contributed by atoms with Gasteiger partial charge in [0.05, 0.1) is 24.4 Å². The Kier molecular flexibility index (Phi) is 10.8. The molecule has 1 aromatic carbocycles. The lowest BCUT2D eigenvalue weighted by Gasteiger charge is -2.27. The molecule has 0 saturated carbocycles. The second kappa shape index (κ2) is 13.8. The Hall–Kier alpha value is -2.18. The van der Waals surface area contributed by atoms with Crippen LogP contribution in [0.5, 0.6) is 0 Å². The van der Waals surface area contributed by atoms with Crippen LogP contribution in [0.4, 0.5) is 0 Å². The molecular formula is C29H43NO5. The maximum absolute atomic E-state index is 12.5. The van der Waals surface area contributed by atoms with Gasteiger partial charge in [-0.05, 0) is 56.6 Å². The molecule has 0 radical (unpaired) electrons. The Balaban J connectivity index is 1.36. The van der Waals surface area contributed by atoms with Crippen LogP contribution in [-0.2, 0) is 19.1 Å². The molecule has 2 aliphatic heterocycles. The van der Waals surface area contributed by atoms with Gasteiger partial charge >= 0.3 is 5.97 Å². The van der Waals surface area contributed by atoms with E-state index < -0.39 is 11.4 Å². The van der Waals surface area contributed by atoms with Crippen molar-refractivity contribution in [3.63, 3.8) is 0 Å². The van der Waals surface area contributed by atoms with Crippen molar-refractivity contribution in [3.8, 4) is 0 Å². The number of benzene rings is 1. The summed E-state index contributed by atoms with van der Waals surface area (Å²) in [4.78, 5) is 29.6. The van der Waals surface area contributed by atoms with Crippen LogP contribution in [0.1, 0.15) is 88.9 Å². The van der Waals surface area contributed by atoms with Gasteiger partial charge in [0.2, 0.25) is 0 Å². The van der Waals surface area contributed by atoms with Gasteiger partial charge in [-0.1, -0.05) is 70.4 Å². The van der Waals surface area contributed by atoms with E-state index in [0.717, 1.165) is 45.3 Å². The van der Waals surface area contributed by atoms with Crippen molar-refractivity contribution in [1.29, 1.82) is 0 Å². The highest BCUT2D eigenvalue weighted by atomic mass is 16.7. The van der Waals surface area contributed by atoms with E-state index in [1.54, 1.807) is 24.3 Å². The van der Waals surface area contributed by atoms with E-state index in [4.69, 9.17) is 14.3 Å². The quantitative estimate of drug-likeness (QED) is 0.198. The second-order valence-corrected chi connectivity index (χ2v) is 10.6. The summed E-state index contributed by atoms with van der Waals surface area (Å²) in [5, 5.41) is 0. The molecular weight excluding hydrogens is 442 g/mol.